The molecule has 1 aromatic carbocycles. The number of anilines is 1. The molecule has 2 unspecified atom stereocenters. The van der Waals surface area contributed by atoms with Crippen LogP contribution in [0.3, 0.4) is 0 Å². The molecular weight excluding hydrogens is 268 g/mol. The number of hydrogen-bond acceptors (Lipinski definition) is 3. The maximum Gasteiger partial charge on any atom is 0.307 e. The molecule has 1 aromatic rings. The van der Waals surface area contributed by atoms with Gasteiger partial charge in [-0.15, -0.1) is 0 Å². The number of fused-ring (bicyclic) bond motifs is 1. The van der Waals surface area contributed by atoms with Crippen LogP contribution in [0.4, 0.5) is 5.69 Å². The number of amides is 1. The van der Waals surface area contributed by atoms with Crippen LogP contribution in [0, 0.1) is 5.92 Å². The zero-order valence-electron chi connectivity index (χ0n) is 12.2. The summed E-state index contributed by atoms with van der Waals surface area (Å²) in [6.45, 7) is 3.53. The van der Waals surface area contributed by atoms with Gasteiger partial charge in [-0.1, -0.05) is 18.2 Å². The molecule has 0 saturated carbocycles. The van der Waals surface area contributed by atoms with E-state index in [1.165, 1.54) is 5.56 Å². The molecule has 0 bridgehead atoms. The molecule has 2 heterocycles. The largest absolute Gasteiger partial charge is 0.481 e. The Hall–Kier alpha value is -1.88. The Labute approximate surface area is 124 Å². The number of benzene rings is 1. The fourth-order valence-electron chi connectivity index (χ4n) is 3.39. The molecule has 112 valence electrons. The van der Waals surface area contributed by atoms with Crippen molar-refractivity contribution in [3.8, 4) is 0 Å². The fraction of sp³-hybridized carbons (Fsp3) is 0.500. The van der Waals surface area contributed by atoms with Crippen LogP contribution >= 0.6 is 0 Å². The van der Waals surface area contributed by atoms with Gasteiger partial charge in [-0.3, -0.25) is 14.5 Å². The Morgan fingerprint density at radius 2 is 2.10 bits per heavy atom. The van der Waals surface area contributed by atoms with E-state index in [-0.39, 0.29) is 17.9 Å². The highest BCUT2D eigenvalue weighted by Crippen LogP contribution is 2.32. The van der Waals surface area contributed by atoms with Gasteiger partial charge in [0.05, 0.1) is 12.5 Å². The zero-order chi connectivity index (χ0) is 15.0. The standard InChI is InChI=1S/C16H20N2O3/c1-11-8-12-4-2-3-5-14(12)18(11)15(19)10-17-7-6-13(9-17)16(20)21/h2-5,11,13H,6-10H2,1H3,(H,20,21). The highest BCUT2D eigenvalue weighted by molar-refractivity contribution is 5.97. The Kier molecular flexibility index (Phi) is 3.68. The maximum absolute atomic E-state index is 12.6. The van der Waals surface area contributed by atoms with E-state index in [1.54, 1.807) is 0 Å². The van der Waals surface area contributed by atoms with Gasteiger partial charge in [0.1, 0.15) is 0 Å². The summed E-state index contributed by atoms with van der Waals surface area (Å²) in [6, 6.07) is 8.17. The molecular formula is C16H20N2O3. The van der Waals surface area contributed by atoms with Crippen molar-refractivity contribution >= 4 is 17.6 Å². The van der Waals surface area contributed by atoms with Crippen molar-refractivity contribution in [2.45, 2.75) is 25.8 Å². The molecule has 2 aliphatic rings. The van der Waals surface area contributed by atoms with Crippen molar-refractivity contribution < 1.29 is 14.7 Å². The van der Waals surface area contributed by atoms with E-state index in [9.17, 15) is 9.59 Å². The third kappa shape index (κ3) is 2.65. The van der Waals surface area contributed by atoms with E-state index < -0.39 is 5.97 Å². The normalized spacial score (nSPS) is 25.1. The van der Waals surface area contributed by atoms with Crippen LogP contribution in [-0.2, 0) is 16.0 Å². The molecule has 21 heavy (non-hydrogen) atoms. The highest BCUT2D eigenvalue weighted by Gasteiger charge is 2.34. The van der Waals surface area contributed by atoms with Gasteiger partial charge in [-0.2, -0.15) is 0 Å². The summed E-state index contributed by atoms with van der Waals surface area (Å²) >= 11 is 0. The quantitative estimate of drug-likeness (QED) is 0.912. The van der Waals surface area contributed by atoms with Gasteiger partial charge in [0, 0.05) is 18.3 Å². The Bertz CT molecular complexity index is 572. The molecule has 3 rings (SSSR count). The molecule has 1 N–H and O–H groups in total. The lowest BCUT2D eigenvalue weighted by Gasteiger charge is -2.25. The molecule has 0 aromatic heterocycles. The molecule has 0 radical (unpaired) electrons. The molecule has 5 nitrogen and oxygen atoms in total. The van der Waals surface area contributed by atoms with Crippen LogP contribution < -0.4 is 4.90 Å². The monoisotopic (exact) mass is 288 g/mol. The maximum atomic E-state index is 12.6. The minimum absolute atomic E-state index is 0.0680. The topological polar surface area (TPSA) is 60.9 Å². The summed E-state index contributed by atoms with van der Waals surface area (Å²) in [7, 11) is 0. The minimum atomic E-state index is -0.759. The van der Waals surface area contributed by atoms with Crippen LogP contribution in [0.15, 0.2) is 24.3 Å². The highest BCUT2D eigenvalue weighted by atomic mass is 16.4. The van der Waals surface area contributed by atoms with Gasteiger partial charge < -0.3 is 10.0 Å². The first-order valence-electron chi connectivity index (χ1n) is 7.41. The summed E-state index contributed by atoms with van der Waals surface area (Å²) in [4.78, 5) is 27.4. The van der Waals surface area contributed by atoms with Crippen molar-refractivity contribution in [3.63, 3.8) is 0 Å². The van der Waals surface area contributed by atoms with Crippen LogP contribution in [-0.4, -0.2) is 47.6 Å². The van der Waals surface area contributed by atoms with Gasteiger partial charge in [-0.05, 0) is 37.9 Å². The minimum Gasteiger partial charge on any atom is -0.481 e. The average Bonchev–Trinajstić information content (AvgIpc) is 3.01. The number of carboxylic acids is 1. The van der Waals surface area contributed by atoms with Crippen LogP contribution in [0.1, 0.15) is 18.9 Å². The summed E-state index contributed by atoms with van der Waals surface area (Å²) in [6.07, 6.45) is 1.52. The second-order valence-electron chi connectivity index (χ2n) is 6.00. The second-order valence-corrected chi connectivity index (χ2v) is 6.00. The van der Waals surface area contributed by atoms with Gasteiger partial charge in [-0.25, -0.2) is 0 Å². The molecule has 1 fully saturated rings. The van der Waals surface area contributed by atoms with Crippen LogP contribution in [0.2, 0.25) is 0 Å². The van der Waals surface area contributed by atoms with Gasteiger partial charge in [0.2, 0.25) is 5.91 Å². The second kappa shape index (κ2) is 5.48. The number of nitrogens with zero attached hydrogens (tertiary/aromatic N) is 2. The third-order valence-electron chi connectivity index (χ3n) is 4.46. The first-order valence-corrected chi connectivity index (χ1v) is 7.41. The number of aliphatic carboxylic acids is 1. The first kappa shape index (κ1) is 14.1. The van der Waals surface area contributed by atoms with Gasteiger partial charge in [0.15, 0.2) is 0 Å². The number of likely N-dealkylation sites (tertiary alicyclic amines) is 1. The molecule has 1 saturated heterocycles. The fourth-order valence-corrected chi connectivity index (χ4v) is 3.39. The number of para-hydroxylation sites is 1. The predicted molar refractivity (Wildman–Crippen MR) is 79.3 cm³/mol. The average molecular weight is 288 g/mol. The number of carbonyl (C=O) groups excluding carboxylic acids is 1. The van der Waals surface area contributed by atoms with E-state index in [1.807, 2.05) is 28.0 Å². The molecule has 1 amide bonds. The SMILES string of the molecule is CC1Cc2ccccc2N1C(=O)CN1CCC(C(=O)O)C1. The Morgan fingerprint density at radius 3 is 2.81 bits per heavy atom. The zero-order valence-corrected chi connectivity index (χ0v) is 12.2. The van der Waals surface area contributed by atoms with E-state index in [0.717, 1.165) is 12.1 Å². The molecule has 5 heteroatoms. The van der Waals surface area contributed by atoms with E-state index in [2.05, 4.69) is 13.0 Å². The lowest BCUT2D eigenvalue weighted by Crippen LogP contribution is -2.42. The van der Waals surface area contributed by atoms with Gasteiger partial charge in [0.25, 0.3) is 0 Å². The van der Waals surface area contributed by atoms with Crippen molar-refractivity contribution in [2.75, 3.05) is 24.5 Å². The third-order valence-corrected chi connectivity index (χ3v) is 4.46. The molecule has 0 aliphatic carbocycles. The smallest absolute Gasteiger partial charge is 0.307 e. The molecule has 2 aliphatic heterocycles. The van der Waals surface area contributed by atoms with Crippen molar-refractivity contribution in [1.29, 1.82) is 0 Å². The molecule has 0 spiro atoms. The van der Waals surface area contributed by atoms with Crippen molar-refractivity contribution in [1.82, 2.24) is 4.90 Å². The van der Waals surface area contributed by atoms with E-state index >= 15 is 0 Å². The van der Waals surface area contributed by atoms with Crippen molar-refractivity contribution in [2.24, 2.45) is 5.92 Å². The number of rotatable bonds is 3. The predicted octanol–water partition coefficient (Wildman–Crippen LogP) is 1.37. The Morgan fingerprint density at radius 1 is 1.33 bits per heavy atom. The van der Waals surface area contributed by atoms with Crippen LogP contribution in [0.25, 0.3) is 0 Å². The number of carbonyl (C=O) groups is 2. The van der Waals surface area contributed by atoms with E-state index in [0.29, 0.717) is 26.1 Å². The Balaban J connectivity index is 1.68. The lowest BCUT2D eigenvalue weighted by molar-refractivity contribution is -0.141. The van der Waals surface area contributed by atoms with Gasteiger partial charge >= 0.3 is 5.97 Å². The first-order chi connectivity index (χ1) is 10.1. The summed E-state index contributed by atoms with van der Waals surface area (Å²) in [5.41, 5.74) is 2.21. The summed E-state index contributed by atoms with van der Waals surface area (Å²) < 4.78 is 0. The lowest BCUT2D eigenvalue weighted by atomic mass is 10.1. The van der Waals surface area contributed by atoms with E-state index in [4.69, 9.17) is 5.11 Å². The number of carboxylic acid groups (broad SMARTS) is 1. The van der Waals surface area contributed by atoms with Crippen molar-refractivity contribution in [3.05, 3.63) is 29.8 Å². The summed E-state index contributed by atoms with van der Waals surface area (Å²) in [5.74, 6) is -1.02. The summed E-state index contributed by atoms with van der Waals surface area (Å²) in [5, 5.41) is 9.03. The van der Waals surface area contributed by atoms with Crippen LogP contribution in [0.5, 0.6) is 0 Å². The molecule has 2 atom stereocenters. The number of hydrogen-bond donors (Lipinski definition) is 1.